The van der Waals surface area contributed by atoms with Gasteiger partial charge in [-0.15, -0.1) is 0 Å². The Bertz CT molecular complexity index is 482. The third-order valence-electron chi connectivity index (χ3n) is 4.22. The van der Waals surface area contributed by atoms with Gasteiger partial charge < -0.3 is 20.6 Å². The first kappa shape index (κ1) is 17.5. The summed E-state index contributed by atoms with van der Waals surface area (Å²) in [5.41, 5.74) is 0.977. The van der Waals surface area contributed by atoms with Gasteiger partial charge in [0.25, 0.3) is 0 Å². The van der Waals surface area contributed by atoms with Gasteiger partial charge in [0.05, 0.1) is 6.10 Å². The molecular formula is C17H28N4O2. The van der Waals surface area contributed by atoms with Gasteiger partial charge in [-0.2, -0.15) is 0 Å². The van der Waals surface area contributed by atoms with Crippen LogP contribution in [0, 0.1) is 5.92 Å². The first-order valence-electron chi connectivity index (χ1n) is 8.44. The van der Waals surface area contributed by atoms with E-state index in [9.17, 15) is 4.79 Å². The van der Waals surface area contributed by atoms with Crippen molar-refractivity contribution in [3.63, 3.8) is 0 Å². The molecule has 2 amide bonds. The predicted molar refractivity (Wildman–Crippen MR) is 91.4 cm³/mol. The summed E-state index contributed by atoms with van der Waals surface area (Å²) in [5.74, 6) is 1.82. The Morgan fingerprint density at radius 1 is 1.39 bits per heavy atom. The molecule has 1 unspecified atom stereocenters. The minimum Gasteiger partial charge on any atom is -0.393 e. The Morgan fingerprint density at radius 2 is 2.13 bits per heavy atom. The molecule has 23 heavy (non-hydrogen) atoms. The molecule has 1 aliphatic heterocycles. The van der Waals surface area contributed by atoms with Gasteiger partial charge in [0.15, 0.2) is 0 Å². The van der Waals surface area contributed by atoms with Crippen molar-refractivity contribution >= 4 is 11.8 Å². The molecule has 2 heterocycles. The zero-order valence-corrected chi connectivity index (χ0v) is 14.1. The van der Waals surface area contributed by atoms with E-state index in [-0.39, 0.29) is 6.03 Å². The number of rotatable bonds is 6. The molecule has 6 nitrogen and oxygen atoms in total. The van der Waals surface area contributed by atoms with Crippen molar-refractivity contribution in [2.75, 3.05) is 24.5 Å². The minimum atomic E-state index is -0.398. The zero-order valence-electron chi connectivity index (χ0n) is 14.1. The summed E-state index contributed by atoms with van der Waals surface area (Å²) in [6, 6.07) is 3.81. The number of aliphatic hydroxyl groups is 1. The first-order chi connectivity index (χ1) is 11.0. The molecule has 1 aromatic rings. The molecule has 3 N–H and O–H groups in total. The monoisotopic (exact) mass is 320 g/mol. The van der Waals surface area contributed by atoms with E-state index in [0.29, 0.717) is 19.5 Å². The number of aromatic nitrogens is 1. The number of nitrogens with one attached hydrogen (secondary N) is 2. The fourth-order valence-corrected chi connectivity index (χ4v) is 2.59. The summed E-state index contributed by atoms with van der Waals surface area (Å²) < 4.78 is 0. The second-order valence-electron chi connectivity index (χ2n) is 6.44. The zero-order chi connectivity index (χ0) is 16.7. The summed E-state index contributed by atoms with van der Waals surface area (Å²) in [6.07, 6.45) is 4.42. The first-order valence-corrected chi connectivity index (χ1v) is 8.44. The normalized spacial score (nSPS) is 16.9. The highest BCUT2D eigenvalue weighted by molar-refractivity contribution is 5.73. The van der Waals surface area contributed by atoms with Crippen molar-refractivity contribution in [3.8, 4) is 0 Å². The molecule has 0 radical (unpaired) electrons. The Balaban J connectivity index is 1.73. The van der Waals surface area contributed by atoms with Crippen molar-refractivity contribution in [2.45, 2.75) is 45.8 Å². The van der Waals surface area contributed by atoms with Crippen LogP contribution in [0.2, 0.25) is 0 Å². The molecule has 1 fully saturated rings. The van der Waals surface area contributed by atoms with E-state index in [1.165, 1.54) is 12.8 Å². The maximum atomic E-state index is 11.6. The second kappa shape index (κ2) is 8.72. The summed E-state index contributed by atoms with van der Waals surface area (Å²) in [7, 11) is 0. The van der Waals surface area contributed by atoms with Crippen molar-refractivity contribution in [3.05, 3.63) is 23.9 Å². The molecule has 0 aromatic carbocycles. The number of aliphatic hydroxyl groups excluding tert-OH is 1. The van der Waals surface area contributed by atoms with E-state index in [1.54, 1.807) is 6.92 Å². The summed E-state index contributed by atoms with van der Waals surface area (Å²) in [6.45, 7) is 7.05. The van der Waals surface area contributed by atoms with Gasteiger partial charge >= 0.3 is 6.03 Å². The van der Waals surface area contributed by atoms with Gasteiger partial charge in [0, 0.05) is 32.4 Å². The van der Waals surface area contributed by atoms with Gasteiger partial charge in [0.1, 0.15) is 5.82 Å². The Hall–Kier alpha value is -1.82. The second-order valence-corrected chi connectivity index (χ2v) is 6.44. The van der Waals surface area contributed by atoms with Gasteiger partial charge in [-0.1, -0.05) is 13.0 Å². The number of carbonyl (C=O) groups is 1. The quantitative estimate of drug-likeness (QED) is 0.748. The van der Waals surface area contributed by atoms with Gasteiger partial charge in [-0.3, -0.25) is 0 Å². The lowest BCUT2D eigenvalue weighted by Crippen LogP contribution is -2.36. The van der Waals surface area contributed by atoms with Crippen molar-refractivity contribution in [1.29, 1.82) is 0 Å². The largest absolute Gasteiger partial charge is 0.393 e. The molecule has 0 saturated carbocycles. The fraction of sp³-hybridized carbons (Fsp3) is 0.647. The standard InChI is InChI=1S/C17H28N4O2/c1-13-6-9-21(10-7-13)16-4-3-15(11-19-16)12-20-17(23)18-8-5-14(2)22/h3-4,11,13-14,22H,5-10,12H2,1-2H3,(H2,18,20,23). The van der Waals surface area contributed by atoms with Crippen molar-refractivity contribution in [2.24, 2.45) is 5.92 Å². The van der Waals surface area contributed by atoms with Crippen LogP contribution in [-0.2, 0) is 6.54 Å². The summed E-state index contributed by atoms with van der Waals surface area (Å²) in [5, 5.41) is 14.6. The Kier molecular flexibility index (Phi) is 6.65. The van der Waals surface area contributed by atoms with Crippen molar-refractivity contribution in [1.82, 2.24) is 15.6 Å². The Morgan fingerprint density at radius 3 is 2.74 bits per heavy atom. The minimum absolute atomic E-state index is 0.222. The highest BCUT2D eigenvalue weighted by atomic mass is 16.3. The number of pyridine rings is 1. The number of anilines is 1. The smallest absolute Gasteiger partial charge is 0.315 e. The highest BCUT2D eigenvalue weighted by Gasteiger charge is 2.16. The molecule has 1 aliphatic rings. The van der Waals surface area contributed by atoms with Gasteiger partial charge in [-0.05, 0) is 43.7 Å². The number of piperidine rings is 1. The number of hydrogen-bond acceptors (Lipinski definition) is 4. The molecule has 1 atom stereocenters. The number of hydrogen-bond donors (Lipinski definition) is 3. The van der Waals surface area contributed by atoms with Crippen LogP contribution in [0.25, 0.3) is 0 Å². The van der Waals surface area contributed by atoms with E-state index in [0.717, 1.165) is 30.4 Å². The van der Waals surface area contributed by atoms with Crippen molar-refractivity contribution < 1.29 is 9.90 Å². The fourth-order valence-electron chi connectivity index (χ4n) is 2.59. The molecular weight excluding hydrogens is 292 g/mol. The van der Waals surface area contributed by atoms with Crippen LogP contribution in [0.5, 0.6) is 0 Å². The maximum Gasteiger partial charge on any atom is 0.315 e. The Labute approximate surface area is 138 Å². The lowest BCUT2D eigenvalue weighted by atomic mass is 9.99. The summed E-state index contributed by atoms with van der Waals surface area (Å²) >= 11 is 0. The lowest BCUT2D eigenvalue weighted by molar-refractivity contribution is 0.183. The third-order valence-corrected chi connectivity index (χ3v) is 4.22. The van der Waals surface area contributed by atoms with Crippen LogP contribution in [0.3, 0.4) is 0 Å². The van der Waals surface area contributed by atoms with E-state index < -0.39 is 6.10 Å². The third kappa shape index (κ3) is 6.06. The highest BCUT2D eigenvalue weighted by Crippen LogP contribution is 2.21. The predicted octanol–water partition coefficient (Wildman–Crippen LogP) is 1.89. The van der Waals surface area contributed by atoms with Crippen LogP contribution in [0.15, 0.2) is 18.3 Å². The molecule has 128 valence electrons. The topological polar surface area (TPSA) is 77.5 Å². The molecule has 2 rings (SSSR count). The average molecular weight is 320 g/mol. The average Bonchev–Trinajstić information content (AvgIpc) is 2.54. The van der Waals surface area contributed by atoms with E-state index in [2.05, 4.69) is 27.4 Å². The molecule has 0 spiro atoms. The molecule has 0 aliphatic carbocycles. The molecule has 6 heteroatoms. The van der Waals surface area contributed by atoms with Gasteiger partial charge in [-0.25, -0.2) is 9.78 Å². The van der Waals surface area contributed by atoms with Crippen LogP contribution in [-0.4, -0.2) is 41.9 Å². The maximum absolute atomic E-state index is 11.6. The summed E-state index contributed by atoms with van der Waals surface area (Å²) in [4.78, 5) is 18.4. The number of carbonyl (C=O) groups excluding carboxylic acids is 1. The van der Waals surface area contributed by atoms with E-state index in [1.807, 2.05) is 18.3 Å². The lowest BCUT2D eigenvalue weighted by Gasteiger charge is -2.31. The number of nitrogens with zero attached hydrogens (tertiary/aromatic N) is 2. The van der Waals surface area contributed by atoms with Crippen LogP contribution >= 0.6 is 0 Å². The SMILES string of the molecule is CC(O)CCNC(=O)NCc1ccc(N2CCC(C)CC2)nc1. The van der Waals surface area contributed by atoms with Crippen LogP contribution < -0.4 is 15.5 Å². The number of urea groups is 1. The molecule has 1 aromatic heterocycles. The molecule has 0 bridgehead atoms. The van der Waals surface area contributed by atoms with E-state index >= 15 is 0 Å². The van der Waals surface area contributed by atoms with E-state index in [4.69, 9.17) is 5.11 Å². The molecule has 1 saturated heterocycles. The van der Waals surface area contributed by atoms with Crippen LogP contribution in [0.1, 0.15) is 38.7 Å². The van der Waals surface area contributed by atoms with Crippen LogP contribution in [0.4, 0.5) is 10.6 Å². The van der Waals surface area contributed by atoms with Gasteiger partial charge in [0.2, 0.25) is 0 Å². The number of amides is 2.